The normalized spacial score (nSPS) is 18.4. The number of aromatic nitrogens is 2. The zero-order chi connectivity index (χ0) is 13.4. The molecule has 0 amide bonds. The predicted octanol–water partition coefficient (Wildman–Crippen LogP) is 1.32. The topological polar surface area (TPSA) is 97.1 Å². The summed E-state index contributed by atoms with van der Waals surface area (Å²) in [6, 6.07) is 0. The molecular formula is C12H15N5O. The van der Waals surface area contributed by atoms with Gasteiger partial charge < -0.3 is 5.73 Å². The van der Waals surface area contributed by atoms with Crippen molar-refractivity contribution in [1.29, 1.82) is 5.41 Å². The molecule has 1 aromatic rings. The van der Waals surface area contributed by atoms with E-state index in [1.54, 1.807) is 20.9 Å². The van der Waals surface area contributed by atoms with Gasteiger partial charge in [-0.25, -0.2) is 4.99 Å². The van der Waals surface area contributed by atoms with E-state index in [0.717, 1.165) is 0 Å². The van der Waals surface area contributed by atoms with Crippen molar-refractivity contribution in [3.8, 4) is 0 Å². The number of carbonyl (C=O) groups is 1. The molecule has 6 heteroatoms. The van der Waals surface area contributed by atoms with Crippen LogP contribution < -0.4 is 5.73 Å². The van der Waals surface area contributed by atoms with Crippen molar-refractivity contribution in [2.45, 2.75) is 20.3 Å². The summed E-state index contributed by atoms with van der Waals surface area (Å²) < 4.78 is 1.53. The number of nitrogens with zero attached hydrogens (tertiary/aromatic N) is 3. The minimum absolute atomic E-state index is 0.00938. The molecule has 0 saturated heterocycles. The summed E-state index contributed by atoms with van der Waals surface area (Å²) in [5.74, 6) is 0.427. The number of nitrogens with two attached hydrogens (primary N) is 1. The van der Waals surface area contributed by atoms with Gasteiger partial charge in [0.05, 0.1) is 23.5 Å². The molecule has 0 fully saturated rings. The third kappa shape index (κ3) is 1.97. The number of Topliss-reactive ketones (excluding diaryl/α,β-unsaturated/α-hetero) is 1. The second kappa shape index (κ2) is 4.21. The van der Waals surface area contributed by atoms with E-state index in [-0.39, 0.29) is 17.9 Å². The Morgan fingerprint density at radius 1 is 1.50 bits per heavy atom. The molecule has 94 valence electrons. The van der Waals surface area contributed by atoms with Gasteiger partial charge in [-0.2, -0.15) is 5.10 Å². The van der Waals surface area contributed by atoms with Crippen molar-refractivity contribution in [2.75, 3.05) is 5.73 Å². The second-order valence-corrected chi connectivity index (χ2v) is 4.34. The first-order valence-corrected chi connectivity index (χ1v) is 5.57. The minimum atomic E-state index is -0.00938. The summed E-state index contributed by atoms with van der Waals surface area (Å²) in [7, 11) is 1.73. The molecule has 1 aromatic heterocycles. The summed E-state index contributed by atoms with van der Waals surface area (Å²) in [6.45, 7) is 3.50. The molecule has 18 heavy (non-hydrogen) atoms. The number of nitrogen functional groups attached to an aromatic ring is 1. The zero-order valence-electron chi connectivity index (χ0n) is 10.6. The van der Waals surface area contributed by atoms with E-state index < -0.39 is 0 Å². The Labute approximate surface area is 105 Å². The predicted molar refractivity (Wildman–Crippen MR) is 70.6 cm³/mol. The monoisotopic (exact) mass is 245 g/mol. The molecule has 0 unspecified atom stereocenters. The molecule has 0 radical (unpaired) electrons. The lowest BCUT2D eigenvalue weighted by Gasteiger charge is -2.11. The summed E-state index contributed by atoms with van der Waals surface area (Å²) in [5, 5.41) is 12.0. The highest BCUT2D eigenvalue weighted by atomic mass is 16.1. The maximum absolute atomic E-state index is 11.6. The van der Waals surface area contributed by atoms with Crippen molar-refractivity contribution in [3.63, 3.8) is 0 Å². The molecule has 0 spiro atoms. The fourth-order valence-electron chi connectivity index (χ4n) is 1.80. The number of ketones is 1. The quantitative estimate of drug-likeness (QED) is 0.780. The van der Waals surface area contributed by atoms with Crippen LogP contribution in [0.1, 0.15) is 19.0 Å². The summed E-state index contributed by atoms with van der Waals surface area (Å²) in [5.41, 5.74) is 8.37. The highest BCUT2D eigenvalue weighted by molar-refractivity contribution is 6.51. The number of hydrogen-bond acceptors (Lipinski definition) is 5. The van der Waals surface area contributed by atoms with E-state index in [4.69, 9.17) is 11.1 Å². The molecule has 0 aromatic carbocycles. The van der Waals surface area contributed by atoms with Crippen LogP contribution in [-0.2, 0) is 11.8 Å². The smallest absolute Gasteiger partial charge is 0.164 e. The maximum atomic E-state index is 11.6. The van der Waals surface area contributed by atoms with Gasteiger partial charge in [-0.3, -0.25) is 14.9 Å². The molecule has 3 N–H and O–H groups in total. The Kier molecular flexibility index (Phi) is 2.86. The Morgan fingerprint density at radius 2 is 2.17 bits per heavy atom. The standard InChI is InChI=1S/C12H15N5O/c1-6-4-8(13)9(5-10(6)18)15-11-7(2)16-17(3)12(11)14/h4,13H,5,14H2,1-3H3. The number of hydrogen-bond donors (Lipinski definition) is 2. The Morgan fingerprint density at radius 3 is 2.72 bits per heavy atom. The number of aryl methyl sites for hydroxylation is 2. The van der Waals surface area contributed by atoms with E-state index in [9.17, 15) is 4.79 Å². The van der Waals surface area contributed by atoms with E-state index >= 15 is 0 Å². The highest BCUT2D eigenvalue weighted by Gasteiger charge is 2.20. The Balaban J connectivity index is 2.46. The van der Waals surface area contributed by atoms with Crippen molar-refractivity contribution >= 4 is 28.7 Å². The average Bonchev–Trinajstić information content (AvgIpc) is 2.52. The second-order valence-electron chi connectivity index (χ2n) is 4.34. The summed E-state index contributed by atoms with van der Waals surface area (Å²) in [4.78, 5) is 15.9. The maximum Gasteiger partial charge on any atom is 0.164 e. The van der Waals surface area contributed by atoms with Crippen LogP contribution in [0, 0.1) is 12.3 Å². The molecule has 1 heterocycles. The molecule has 6 nitrogen and oxygen atoms in total. The molecule has 1 aliphatic rings. The first-order valence-electron chi connectivity index (χ1n) is 5.57. The van der Waals surface area contributed by atoms with Gasteiger partial charge in [0.1, 0.15) is 11.5 Å². The van der Waals surface area contributed by atoms with Crippen LogP contribution >= 0.6 is 0 Å². The van der Waals surface area contributed by atoms with Gasteiger partial charge in [-0.15, -0.1) is 0 Å². The van der Waals surface area contributed by atoms with Crippen molar-refractivity contribution in [1.82, 2.24) is 9.78 Å². The van der Waals surface area contributed by atoms with Crippen molar-refractivity contribution in [2.24, 2.45) is 12.0 Å². The number of carbonyl (C=O) groups excluding carboxylic acids is 1. The Hall–Kier alpha value is -2.24. The van der Waals surface area contributed by atoms with Gasteiger partial charge in [-0.1, -0.05) is 0 Å². The van der Waals surface area contributed by atoms with Gasteiger partial charge in [0.2, 0.25) is 0 Å². The first-order chi connectivity index (χ1) is 8.40. The van der Waals surface area contributed by atoms with Crippen LogP contribution in [0.3, 0.4) is 0 Å². The number of aliphatic imine (C=N–C) groups is 1. The minimum Gasteiger partial charge on any atom is -0.382 e. The number of anilines is 1. The Bertz CT molecular complexity index is 606. The molecular weight excluding hydrogens is 230 g/mol. The van der Waals surface area contributed by atoms with E-state index in [1.807, 2.05) is 0 Å². The lowest BCUT2D eigenvalue weighted by atomic mass is 9.96. The van der Waals surface area contributed by atoms with Crippen LogP contribution in [0.25, 0.3) is 0 Å². The highest BCUT2D eigenvalue weighted by Crippen LogP contribution is 2.26. The van der Waals surface area contributed by atoms with Crippen LogP contribution in [0.2, 0.25) is 0 Å². The SMILES string of the molecule is CC1=CC(=N)C(=Nc2c(C)nn(C)c2N)CC1=O. The third-order valence-corrected chi connectivity index (χ3v) is 2.92. The lowest BCUT2D eigenvalue weighted by molar-refractivity contribution is -0.114. The van der Waals surface area contributed by atoms with Crippen molar-refractivity contribution < 1.29 is 4.79 Å². The van der Waals surface area contributed by atoms with Crippen LogP contribution in [0.4, 0.5) is 11.5 Å². The summed E-state index contributed by atoms with van der Waals surface area (Å²) >= 11 is 0. The number of rotatable bonds is 1. The van der Waals surface area contributed by atoms with Gasteiger partial charge in [0, 0.05) is 7.05 Å². The van der Waals surface area contributed by atoms with Crippen molar-refractivity contribution in [3.05, 3.63) is 17.3 Å². The first kappa shape index (κ1) is 12.2. The van der Waals surface area contributed by atoms with Gasteiger partial charge in [-0.05, 0) is 25.5 Å². The van der Waals surface area contributed by atoms with Gasteiger partial charge in [0.25, 0.3) is 0 Å². The largest absolute Gasteiger partial charge is 0.382 e. The third-order valence-electron chi connectivity index (χ3n) is 2.92. The average molecular weight is 245 g/mol. The summed E-state index contributed by atoms with van der Waals surface area (Å²) in [6.07, 6.45) is 1.68. The molecule has 0 atom stereocenters. The zero-order valence-corrected chi connectivity index (χ0v) is 10.6. The van der Waals surface area contributed by atoms with Crippen LogP contribution in [0.15, 0.2) is 16.6 Å². The van der Waals surface area contributed by atoms with E-state index in [2.05, 4.69) is 10.1 Å². The number of allylic oxidation sites excluding steroid dienone is 2. The van der Waals surface area contributed by atoms with E-state index in [0.29, 0.717) is 28.5 Å². The molecule has 0 saturated carbocycles. The molecule has 1 aliphatic carbocycles. The molecule has 0 aliphatic heterocycles. The van der Waals surface area contributed by atoms with Gasteiger partial charge >= 0.3 is 0 Å². The molecule has 0 bridgehead atoms. The van der Waals surface area contributed by atoms with Crippen LogP contribution in [-0.4, -0.2) is 27.0 Å². The fourth-order valence-corrected chi connectivity index (χ4v) is 1.80. The van der Waals surface area contributed by atoms with E-state index in [1.165, 1.54) is 10.8 Å². The van der Waals surface area contributed by atoms with Crippen LogP contribution in [0.5, 0.6) is 0 Å². The molecule has 2 rings (SSSR count). The lowest BCUT2D eigenvalue weighted by Crippen LogP contribution is -2.22. The number of nitrogens with one attached hydrogen (secondary N) is 1. The fraction of sp³-hybridized carbons (Fsp3) is 0.333. The van der Waals surface area contributed by atoms with Gasteiger partial charge in [0.15, 0.2) is 5.78 Å².